The first-order valence-corrected chi connectivity index (χ1v) is 17.1. The Kier molecular flexibility index (Phi) is 14.8. The fourth-order valence-electron chi connectivity index (χ4n) is 4.78. The van der Waals surface area contributed by atoms with Crippen molar-refractivity contribution in [3.8, 4) is 0 Å². The summed E-state index contributed by atoms with van der Waals surface area (Å²) in [7, 11) is -4.49. The summed E-state index contributed by atoms with van der Waals surface area (Å²) in [6.45, 7) is -5.36. The third kappa shape index (κ3) is 10.0. The molecular formula is C27H42N3O22P. The average molecular weight is 792 g/mol. The number of phosphoric ester groups is 1. The zero-order valence-corrected chi connectivity index (χ0v) is 28.5. The average Bonchev–Trinajstić information content (AvgIpc) is 3.67. The van der Waals surface area contributed by atoms with E-state index < -0.39 is 135 Å². The van der Waals surface area contributed by atoms with Gasteiger partial charge in [-0.2, -0.15) is 0 Å². The zero-order valence-electron chi connectivity index (χ0n) is 27.6. The van der Waals surface area contributed by atoms with E-state index >= 15 is 0 Å². The smallest absolute Gasteiger partial charge is 0.474 e. The van der Waals surface area contributed by atoms with Crippen LogP contribution >= 0.6 is 7.82 Å². The summed E-state index contributed by atoms with van der Waals surface area (Å²) in [5.74, 6) is -10.6. The second-order valence-electron chi connectivity index (χ2n) is 11.6. The summed E-state index contributed by atoms with van der Waals surface area (Å²) in [6, 6.07) is 0. The van der Waals surface area contributed by atoms with Crippen molar-refractivity contribution in [3.05, 3.63) is 34.6 Å². The number of phosphoric acid groups is 1. The van der Waals surface area contributed by atoms with E-state index in [1.165, 1.54) is 0 Å². The number of rotatable bonds is 24. The largest absolute Gasteiger partial charge is 0.505 e. The number of carbonyl (C=O) groups excluding carboxylic acids is 3. The van der Waals surface area contributed by atoms with Crippen LogP contribution in [0.25, 0.3) is 0 Å². The van der Waals surface area contributed by atoms with Crippen molar-refractivity contribution in [2.24, 2.45) is 0 Å². The number of hydrogen-bond donors (Lipinski definition) is 15. The summed E-state index contributed by atoms with van der Waals surface area (Å²) >= 11 is 0. The van der Waals surface area contributed by atoms with Crippen molar-refractivity contribution >= 4 is 25.7 Å². The Morgan fingerprint density at radius 1 is 0.528 bits per heavy atom. The molecule has 15 N–H and O–H groups in total. The molecular weight excluding hydrogens is 749 g/mol. The molecule has 0 aromatic carbocycles. The van der Waals surface area contributed by atoms with E-state index in [0.717, 1.165) is 0 Å². The number of hydrogen-bond acceptors (Lipinski definition) is 25. The Labute approximate surface area is 298 Å². The topological polar surface area (TPSA) is 403 Å². The van der Waals surface area contributed by atoms with Gasteiger partial charge in [0.1, 0.15) is 0 Å². The van der Waals surface area contributed by atoms with Crippen molar-refractivity contribution in [2.75, 3.05) is 59.3 Å². The Balaban J connectivity index is 1.56. The highest BCUT2D eigenvalue weighted by Gasteiger charge is 2.51. The van der Waals surface area contributed by atoms with E-state index in [2.05, 4.69) is 30.2 Å². The first kappa shape index (κ1) is 43.6. The lowest BCUT2D eigenvalue weighted by molar-refractivity contribution is -0.165. The Morgan fingerprint density at radius 2 is 0.774 bits per heavy atom. The fraction of sp³-hybridized carbons (Fsp3) is 0.667. The van der Waals surface area contributed by atoms with E-state index in [9.17, 15) is 80.2 Å². The third-order valence-corrected chi connectivity index (χ3v) is 9.25. The molecule has 302 valence electrons. The minimum absolute atomic E-state index is 0.111. The molecule has 0 saturated heterocycles. The second-order valence-corrected chi connectivity index (χ2v) is 13.3. The van der Waals surface area contributed by atoms with Crippen LogP contribution in [0.4, 0.5) is 0 Å². The normalized spacial score (nSPS) is 24.3. The molecule has 6 atom stereocenters. The molecule has 3 aliphatic heterocycles. The molecule has 25 nitrogen and oxygen atoms in total. The lowest BCUT2D eigenvalue weighted by atomic mass is 10.1. The number of carbonyl (C=O) groups is 3. The van der Waals surface area contributed by atoms with E-state index in [4.69, 9.17) is 13.6 Å². The van der Waals surface area contributed by atoms with Gasteiger partial charge in [0.05, 0.1) is 39.6 Å². The van der Waals surface area contributed by atoms with Gasteiger partial charge >= 0.3 is 25.7 Å². The van der Waals surface area contributed by atoms with Crippen molar-refractivity contribution in [2.45, 2.75) is 54.7 Å². The molecule has 26 heteroatoms. The first-order chi connectivity index (χ1) is 24.8. The number of ether oxygens (including phenoxy) is 3. The van der Waals surface area contributed by atoms with Gasteiger partial charge < -0.3 is 75.5 Å². The predicted octanol–water partition coefficient (Wildman–Crippen LogP) is -4.11. The second kappa shape index (κ2) is 18.0. The zero-order chi connectivity index (χ0) is 39.8. The van der Waals surface area contributed by atoms with E-state index in [0.29, 0.717) is 0 Å². The summed E-state index contributed by atoms with van der Waals surface area (Å²) in [4.78, 5) is 34.5. The molecule has 0 saturated carbocycles. The standard InChI is InChI=1S/C27H42N3O22P/c31-10-25(43,19-13(34)16(37)22(40)50-19)28-4-1-7-47-53(46,48-8-2-5-29-26(44,11-32)20-14(35)17(38)23(41)51-20)49-9-3-6-30-27(45,12-33)21-15(36)18(39)24(42)52-21/h19-21,28-39,43-45H,1-12H2/t19-,20-,21-,25-,26-,27-/m0/s1. The maximum absolute atomic E-state index is 13.5. The molecule has 3 aliphatic rings. The van der Waals surface area contributed by atoms with Gasteiger partial charge in [0.15, 0.2) is 34.5 Å². The van der Waals surface area contributed by atoms with Crippen LogP contribution in [-0.2, 0) is 46.7 Å². The summed E-state index contributed by atoms with van der Waals surface area (Å²) in [5.41, 5.74) is -7.38. The number of aliphatic hydroxyl groups excluding tert-OH is 9. The molecule has 0 aliphatic carbocycles. The summed E-state index contributed by atoms with van der Waals surface area (Å²) < 4.78 is 43.4. The van der Waals surface area contributed by atoms with Gasteiger partial charge in [0.2, 0.25) is 35.6 Å². The minimum atomic E-state index is -4.49. The number of aliphatic hydroxyl groups is 12. The Hall–Kier alpha value is -3.82. The predicted molar refractivity (Wildman–Crippen MR) is 166 cm³/mol. The van der Waals surface area contributed by atoms with Gasteiger partial charge in [-0.3, -0.25) is 29.5 Å². The van der Waals surface area contributed by atoms with Crippen LogP contribution in [0.5, 0.6) is 0 Å². The number of nitrogens with one attached hydrogen (secondary N) is 3. The van der Waals surface area contributed by atoms with Gasteiger partial charge in [-0.05, 0) is 19.3 Å². The maximum atomic E-state index is 13.5. The fourth-order valence-corrected chi connectivity index (χ4v) is 6.06. The van der Waals surface area contributed by atoms with Crippen LogP contribution in [0.3, 0.4) is 0 Å². The molecule has 0 amide bonds. The van der Waals surface area contributed by atoms with Gasteiger partial charge in [-0.1, -0.05) is 0 Å². The van der Waals surface area contributed by atoms with Crippen LogP contribution in [0.1, 0.15) is 19.3 Å². The third-order valence-electron chi connectivity index (χ3n) is 7.76. The molecule has 0 spiro atoms. The summed E-state index contributed by atoms with van der Waals surface area (Å²) in [5, 5.41) is 126. The van der Waals surface area contributed by atoms with Crippen LogP contribution < -0.4 is 16.0 Å². The molecule has 53 heavy (non-hydrogen) atoms. The van der Waals surface area contributed by atoms with Gasteiger partial charge in [-0.15, -0.1) is 0 Å². The summed E-state index contributed by atoms with van der Waals surface area (Å²) in [6.07, 6.45) is -5.94. The van der Waals surface area contributed by atoms with E-state index in [1.54, 1.807) is 0 Å². The number of esters is 3. The quantitative estimate of drug-likeness (QED) is 0.0145. The SMILES string of the molecule is O=C1O[C@H]([C@@](O)(CO)NCCCOP(=O)(OCCCN[C@](O)(CO)[C@H]2OC(=O)C(O)=C2O)OCCCN[C@](O)(CO)[C@H]2OC(=O)C(O)=C2O)C(O)=C1O. The van der Waals surface area contributed by atoms with Crippen LogP contribution in [-0.4, -0.2) is 174 Å². The molecule has 3 rings (SSSR count). The molecule has 0 unspecified atom stereocenters. The molecule has 0 radical (unpaired) electrons. The first-order valence-electron chi connectivity index (χ1n) is 15.6. The van der Waals surface area contributed by atoms with Gasteiger partial charge in [0, 0.05) is 19.6 Å². The molecule has 0 bridgehead atoms. The lowest BCUT2D eigenvalue weighted by Gasteiger charge is -2.32. The van der Waals surface area contributed by atoms with Crippen molar-refractivity contribution in [3.63, 3.8) is 0 Å². The van der Waals surface area contributed by atoms with E-state index in [1.807, 2.05) is 0 Å². The van der Waals surface area contributed by atoms with Gasteiger partial charge in [0.25, 0.3) is 0 Å². The maximum Gasteiger partial charge on any atom is 0.474 e. The van der Waals surface area contributed by atoms with E-state index in [-0.39, 0.29) is 38.9 Å². The minimum Gasteiger partial charge on any atom is -0.505 e. The molecule has 3 heterocycles. The van der Waals surface area contributed by atoms with Crippen molar-refractivity contribution < 1.29 is 108 Å². The Bertz CT molecular complexity index is 1330. The Morgan fingerprint density at radius 3 is 0.962 bits per heavy atom. The highest BCUT2D eigenvalue weighted by Crippen LogP contribution is 2.49. The van der Waals surface area contributed by atoms with Crippen LogP contribution in [0.2, 0.25) is 0 Å². The monoisotopic (exact) mass is 791 g/mol. The van der Waals surface area contributed by atoms with Crippen LogP contribution in [0, 0.1) is 0 Å². The number of cyclic esters (lactones) is 3. The molecule has 0 fully saturated rings. The van der Waals surface area contributed by atoms with Crippen molar-refractivity contribution in [1.29, 1.82) is 0 Å². The molecule has 0 aromatic heterocycles. The van der Waals surface area contributed by atoms with Crippen LogP contribution in [0.15, 0.2) is 34.6 Å². The lowest BCUT2D eigenvalue weighted by Crippen LogP contribution is -2.58. The molecule has 0 aromatic rings. The highest BCUT2D eigenvalue weighted by molar-refractivity contribution is 7.48. The van der Waals surface area contributed by atoms with Crippen molar-refractivity contribution in [1.82, 2.24) is 16.0 Å². The van der Waals surface area contributed by atoms with Gasteiger partial charge in [-0.25, -0.2) is 18.9 Å². The highest BCUT2D eigenvalue weighted by atomic mass is 31.2.